The van der Waals surface area contributed by atoms with Crippen molar-refractivity contribution < 1.29 is 4.79 Å². The van der Waals surface area contributed by atoms with Crippen LogP contribution in [0.2, 0.25) is 0 Å². The van der Waals surface area contributed by atoms with Crippen LogP contribution in [-0.2, 0) is 4.79 Å². The Kier molecular flexibility index (Phi) is 4.99. The number of carbonyl (C=O) groups excluding carboxylic acids is 1. The highest BCUT2D eigenvalue weighted by Crippen LogP contribution is 2.38. The third-order valence-corrected chi connectivity index (χ3v) is 5.66. The van der Waals surface area contributed by atoms with Gasteiger partial charge in [-0.3, -0.25) is 4.79 Å². The number of rotatable bonds is 3. The van der Waals surface area contributed by atoms with Gasteiger partial charge in [-0.15, -0.1) is 0 Å². The first-order chi connectivity index (χ1) is 8.57. The van der Waals surface area contributed by atoms with Gasteiger partial charge >= 0.3 is 0 Å². The Morgan fingerprint density at radius 3 is 2.39 bits per heavy atom. The summed E-state index contributed by atoms with van der Waals surface area (Å²) in [6.07, 6.45) is 7.13. The maximum Gasteiger partial charge on any atom is 0.223 e. The number of amides is 1. The van der Waals surface area contributed by atoms with Gasteiger partial charge in [-0.05, 0) is 61.4 Å². The first-order valence-corrected chi connectivity index (χ1v) is 8.58. The summed E-state index contributed by atoms with van der Waals surface area (Å²) in [4.78, 5) is 12.1. The van der Waals surface area contributed by atoms with Crippen molar-refractivity contribution in [1.82, 2.24) is 5.32 Å². The van der Waals surface area contributed by atoms with Crippen molar-refractivity contribution >= 4 is 17.7 Å². The minimum atomic E-state index is 0.288. The van der Waals surface area contributed by atoms with E-state index >= 15 is 0 Å². The molecule has 1 heterocycles. The van der Waals surface area contributed by atoms with Crippen LogP contribution in [0.15, 0.2) is 0 Å². The van der Waals surface area contributed by atoms with E-state index in [4.69, 9.17) is 0 Å². The van der Waals surface area contributed by atoms with Gasteiger partial charge in [0.05, 0.1) is 0 Å². The van der Waals surface area contributed by atoms with Crippen LogP contribution >= 0.6 is 11.8 Å². The average Bonchev–Trinajstić information content (AvgIpc) is 2.37. The Morgan fingerprint density at radius 1 is 1.17 bits per heavy atom. The van der Waals surface area contributed by atoms with Gasteiger partial charge in [-0.1, -0.05) is 13.8 Å². The highest BCUT2D eigenvalue weighted by atomic mass is 32.2. The third-order valence-electron chi connectivity index (χ3n) is 4.62. The van der Waals surface area contributed by atoms with Gasteiger partial charge in [0.15, 0.2) is 0 Å². The van der Waals surface area contributed by atoms with Gasteiger partial charge in [-0.2, -0.15) is 11.8 Å². The van der Waals surface area contributed by atoms with Gasteiger partial charge in [0.25, 0.3) is 0 Å². The first kappa shape index (κ1) is 14.2. The van der Waals surface area contributed by atoms with Crippen LogP contribution in [0.1, 0.15) is 52.4 Å². The number of nitrogens with one attached hydrogen (secondary N) is 1. The molecule has 1 aliphatic carbocycles. The molecule has 0 atom stereocenters. The number of hydrogen-bond donors (Lipinski definition) is 1. The monoisotopic (exact) mass is 269 g/mol. The Hall–Kier alpha value is -0.180. The van der Waals surface area contributed by atoms with E-state index in [1.807, 2.05) is 11.8 Å². The summed E-state index contributed by atoms with van der Waals surface area (Å²) >= 11 is 2.05. The van der Waals surface area contributed by atoms with Crippen LogP contribution in [0.3, 0.4) is 0 Å². The van der Waals surface area contributed by atoms with Crippen molar-refractivity contribution in [2.45, 2.75) is 52.4 Å². The molecule has 0 radical (unpaired) electrons. The second kappa shape index (κ2) is 6.31. The zero-order chi connectivity index (χ0) is 13.0. The molecule has 0 bridgehead atoms. The molecule has 2 fully saturated rings. The molecule has 1 saturated carbocycles. The van der Waals surface area contributed by atoms with E-state index in [2.05, 4.69) is 19.2 Å². The largest absolute Gasteiger partial charge is 0.356 e. The summed E-state index contributed by atoms with van der Waals surface area (Å²) in [5.41, 5.74) is 0.456. The summed E-state index contributed by atoms with van der Waals surface area (Å²) in [6, 6.07) is 0. The summed E-state index contributed by atoms with van der Waals surface area (Å²) in [5.74, 6) is 3.89. The molecule has 3 heteroatoms. The van der Waals surface area contributed by atoms with E-state index in [-0.39, 0.29) is 5.92 Å². The van der Waals surface area contributed by atoms with Crippen molar-refractivity contribution in [3.63, 3.8) is 0 Å². The molecule has 2 nitrogen and oxygen atoms in total. The normalized spacial score (nSPS) is 25.9. The smallest absolute Gasteiger partial charge is 0.223 e. The zero-order valence-corrected chi connectivity index (χ0v) is 12.7. The summed E-state index contributed by atoms with van der Waals surface area (Å²) in [6.45, 7) is 5.56. The molecular formula is C15H27NOS. The van der Waals surface area contributed by atoms with Crippen LogP contribution in [0, 0.1) is 17.3 Å². The molecule has 18 heavy (non-hydrogen) atoms. The minimum absolute atomic E-state index is 0.288. The van der Waals surface area contributed by atoms with Gasteiger partial charge in [0.2, 0.25) is 5.91 Å². The first-order valence-electron chi connectivity index (χ1n) is 7.42. The molecule has 0 spiro atoms. The lowest BCUT2D eigenvalue weighted by Crippen LogP contribution is -2.37. The molecular weight excluding hydrogens is 242 g/mol. The van der Waals surface area contributed by atoms with E-state index in [9.17, 15) is 4.79 Å². The van der Waals surface area contributed by atoms with Crippen LogP contribution in [0.5, 0.6) is 0 Å². The van der Waals surface area contributed by atoms with Crippen molar-refractivity contribution in [2.24, 2.45) is 17.3 Å². The minimum Gasteiger partial charge on any atom is -0.356 e. The second-order valence-electron chi connectivity index (χ2n) is 6.74. The molecule has 1 N–H and O–H groups in total. The summed E-state index contributed by atoms with van der Waals surface area (Å²) in [5, 5.41) is 3.20. The highest BCUT2D eigenvalue weighted by Gasteiger charge is 2.30. The van der Waals surface area contributed by atoms with E-state index in [0.29, 0.717) is 11.3 Å². The highest BCUT2D eigenvalue weighted by molar-refractivity contribution is 7.99. The lowest BCUT2D eigenvalue weighted by Gasteiger charge is -2.33. The number of carbonyl (C=O) groups is 1. The molecule has 0 aromatic rings. The standard InChI is InChI=1S/C15H27NOS/c1-15(2)7-3-13(4-8-15)14(17)16-11-12-5-9-18-10-6-12/h12-13H,3-11H2,1-2H3,(H,16,17). The molecule has 1 saturated heterocycles. The fourth-order valence-corrected chi connectivity index (χ4v) is 4.21. The average molecular weight is 269 g/mol. The van der Waals surface area contributed by atoms with Crippen molar-refractivity contribution in [3.05, 3.63) is 0 Å². The predicted molar refractivity (Wildman–Crippen MR) is 78.8 cm³/mol. The second-order valence-corrected chi connectivity index (χ2v) is 7.96. The predicted octanol–water partition coefficient (Wildman–Crippen LogP) is 3.46. The summed E-state index contributed by atoms with van der Waals surface area (Å²) < 4.78 is 0. The van der Waals surface area contributed by atoms with Gasteiger partial charge in [-0.25, -0.2) is 0 Å². The van der Waals surface area contributed by atoms with E-state index in [1.165, 1.54) is 37.2 Å². The van der Waals surface area contributed by atoms with E-state index < -0.39 is 0 Å². The third kappa shape index (κ3) is 4.18. The SMILES string of the molecule is CC1(C)CCC(C(=O)NCC2CCSCC2)CC1. The quantitative estimate of drug-likeness (QED) is 0.850. The molecule has 0 aromatic carbocycles. The summed E-state index contributed by atoms with van der Waals surface area (Å²) in [7, 11) is 0. The zero-order valence-electron chi connectivity index (χ0n) is 11.8. The van der Waals surface area contributed by atoms with Crippen molar-refractivity contribution in [1.29, 1.82) is 0 Å². The molecule has 2 rings (SSSR count). The number of hydrogen-bond acceptors (Lipinski definition) is 2. The Balaban J connectivity index is 1.68. The lowest BCUT2D eigenvalue weighted by atomic mass is 9.73. The topological polar surface area (TPSA) is 29.1 Å². The Morgan fingerprint density at radius 2 is 1.78 bits per heavy atom. The van der Waals surface area contributed by atoms with Crippen LogP contribution < -0.4 is 5.32 Å². The fourth-order valence-electron chi connectivity index (χ4n) is 3.00. The van der Waals surface area contributed by atoms with Gasteiger partial charge < -0.3 is 5.32 Å². The Bertz CT molecular complexity index is 274. The fraction of sp³-hybridized carbons (Fsp3) is 0.933. The Labute approximate surface area is 116 Å². The molecule has 104 valence electrons. The van der Waals surface area contributed by atoms with E-state index in [1.54, 1.807) is 0 Å². The lowest BCUT2D eigenvalue weighted by molar-refractivity contribution is -0.126. The molecule has 2 aliphatic rings. The van der Waals surface area contributed by atoms with Crippen molar-refractivity contribution in [3.8, 4) is 0 Å². The maximum absolute atomic E-state index is 12.1. The van der Waals surface area contributed by atoms with Crippen LogP contribution in [-0.4, -0.2) is 24.0 Å². The maximum atomic E-state index is 12.1. The molecule has 0 unspecified atom stereocenters. The molecule has 1 aliphatic heterocycles. The van der Waals surface area contributed by atoms with E-state index in [0.717, 1.165) is 25.3 Å². The number of thioether (sulfide) groups is 1. The molecule has 0 aromatic heterocycles. The van der Waals surface area contributed by atoms with Crippen molar-refractivity contribution in [2.75, 3.05) is 18.1 Å². The van der Waals surface area contributed by atoms with Crippen LogP contribution in [0.4, 0.5) is 0 Å². The van der Waals surface area contributed by atoms with Gasteiger partial charge in [0, 0.05) is 12.5 Å². The molecule has 1 amide bonds. The van der Waals surface area contributed by atoms with Gasteiger partial charge in [0.1, 0.15) is 0 Å². The van der Waals surface area contributed by atoms with Crippen LogP contribution in [0.25, 0.3) is 0 Å².